The van der Waals surface area contributed by atoms with Gasteiger partial charge in [-0.1, -0.05) is 12.1 Å². The van der Waals surface area contributed by atoms with Crippen LogP contribution in [0.3, 0.4) is 0 Å². The van der Waals surface area contributed by atoms with E-state index < -0.39 is 10.8 Å². The Morgan fingerprint density at radius 1 is 1.40 bits per heavy atom. The topological polar surface area (TPSA) is 52.3 Å². The highest BCUT2D eigenvalue weighted by Crippen LogP contribution is 2.15. The fraction of sp³-hybridized carbons (Fsp3) is 0.455. The predicted molar refractivity (Wildman–Crippen MR) is 63.2 cm³/mol. The molecule has 0 saturated carbocycles. The van der Waals surface area contributed by atoms with Crippen LogP contribution in [0.25, 0.3) is 0 Å². The summed E-state index contributed by atoms with van der Waals surface area (Å²) < 4.78 is 17.1. The highest BCUT2D eigenvalue weighted by molar-refractivity contribution is 7.85. The fourth-order valence-corrected chi connectivity index (χ4v) is 2.19. The first-order valence-corrected chi connectivity index (χ1v) is 6.27. The number of benzene rings is 1. The van der Waals surface area contributed by atoms with E-state index >= 15 is 0 Å². The second-order valence-electron chi connectivity index (χ2n) is 3.51. The maximum atomic E-state index is 11.8. The summed E-state index contributed by atoms with van der Waals surface area (Å²) in [7, 11) is -1.06. The zero-order valence-corrected chi connectivity index (χ0v) is 9.92. The van der Waals surface area contributed by atoms with E-state index in [-0.39, 0.29) is 6.10 Å². The van der Waals surface area contributed by atoms with E-state index in [1.807, 2.05) is 26.0 Å². The van der Waals surface area contributed by atoms with Crippen molar-refractivity contribution in [3.63, 3.8) is 0 Å². The largest absolute Gasteiger partial charge is 0.398 e. The second kappa shape index (κ2) is 5.88. The number of rotatable bonds is 5. The molecule has 0 saturated heterocycles. The number of nitrogens with two attached hydrogens (primary N) is 1. The lowest BCUT2D eigenvalue weighted by molar-refractivity contribution is 0.0916. The molecule has 0 bridgehead atoms. The molecular formula is C11H17NO2S. The van der Waals surface area contributed by atoms with Crippen molar-refractivity contribution < 1.29 is 8.95 Å². The summed E-state index contributed by atoms with van der Waals surface area (Å²) in [5, 5.41) is 0. The lowest BCUT2D eigenvalue weighted by Gasteiger charge is -2.08. The van der Waals surface area contributed by atoms with Crippen molar-refractivity contribution in [2.75, 3.05) is 18.1 Å². The molecule has 0 aliphatic carbocycles. The molecule has 15 heavy (non-hydrogen) atoms. The molecule has 1 aromatic carbocycles. The van der Waals surface area contributed by atoms with Crippen LogP contribution in [0, 0.1) is 0 Å². The summed E-state index contributed by atoms with van der Waals surface area (Å²) in [6, 6.07) is 7.23. The number of nitrogen functional groups attached to an aromatic ring is 1. The predicted octanol–water partition coefficient (Wildman–Crippen LogP) is 1.80. The minimum atomic E-state index is -1.06. The maximum Gasteiger partial charge on any atom is 0.0618 e. The molecule has 0 amide bonds. The van der Waals surface area contributed by atoms with Crippen LogP contribution in [0.15, 0.2) is 29.2 Å². The van der Waals surface area contributed by atoms with Gasteiger partial charge in [-0.25, -0.2) is 0 Å². The molecule has 0 fully saturated rings. The highest BCUT2D eigenvalue weighted by atomic mass is 32.2. The lowest BCUT2D eigenvalue weighted by Crippen LogP contribution is -2.11. The molecule has 4 heteroatoms. The number of para-hydroxylation sites is 1. The zero-order valence-electron chi connectivity index (χ0n) is 9.10. The van der Waals surface area contributed by atoms with Crippen molar-refractivity contribution in [1.82, 2.24) is 0 Å². The maximum absolute atomic E-state index is 11.8. The van der Waals surface area contributed by atoms with Gasteiger partial charge >= 0.3 is 0 Å². The summed E-state index contributed by atoms with van der Waals surface area (Å²) in [5.41, 5.74) is 6.30. The van der Waals surface area contributed by atoms with Crippen LogP contribution in [-0.2, 0) is 15.5 Å². The monoisotopic (exact) mass is 227 g/mol. The van der Waals surface area contributed by atoms with E-state index in [0.717, 1.165) is 0 Å². The summed E-state index contributed by atoms with van der Waals surface area (Å²) in [4.78, 5) is 0.699. The van der Waals surface area contributed by atoms with Crippen molar-refractivity contribution in [2.45, 2.75) is 24.8 Å². The van der Waals surface area contributed by atoms with Crippen molar-refractivity contribution in [3.05, 3.63) is 24.3 Å². The number of ether oxygens (including phenoxy) is 1. The molecule has 0 heterocycles. The van der Waals surface area contributed by atoms with E-state index in [4.69, 9.17) is 10.5 Å². The second-order valence-corrected chi connectivity index (χ2v) is 5.05. The minimum Gasteiger partial charge on any atom is -0.398 e. The molecule has 84 valence electrons. The van der Waals surface area contributed by atoms with Gasteiger partial charge in [0, 0.05) is 5.69 Å². The first-order chi connectivity index (χ1) is 7.11. The van der Waals surface area contributed by atoms with Gasteiger partial charge in [0.15, 0.2) is 0 Å². The fourth-order valence-electron chi connectivity index (χ4n) is 1.16. The van der Waals surface area contributed by atoms with Crippen LogP contribution in [0.4, 0.5) is 5.69 Å². The first-order valence-electron chi connectivity index (χ1n) is 4.95. The van der Waals surface area contributed by atoms with E-state index in [2.05, 4.69) is 0 Å². The first kappa shape index (κ1) is 12.2. The number of hydrogen-bond acceptors (Lipinski definition) is 3. The van der Waals surface area contributed by atoms with Gasteiger partial charge in [0.25, 0.3) is 0 Å². The lowest BCUT2D eigenvalue weighted by atomic mass is 10.3. The average Bonchev–Trinajstić information content (AvgIpc) is 2.17. The Bertz CT molecular complexity index is 339. The van der Waals surface area contributed by atoms with E-state index in [1.54, 1.807) is 12.1 Å². The molecular weight excluding hydrogens is 210 g/mol. The van der Waals surface area contributed by atoms with Crippen molar-refractivity contribution >= 4 is 16.5 Å². The average molecular weight is 227 g/mol. The molecule has 1 atom stereocenters. The molecule has 0 aliphatic heterocycles. The molecule has 2 N–H and O–H groups in total. The van der Waals surface area contributed by atoms with Crippen LogP contribution in [-0.4, -0.2) is 22.7 Å². The van der Waals surface area contributed by atoms with Gasteiger partial charge in [-0.3, -0.25) is 4.21 Å². The minimum absolute atomic E-state index is 0.176. The van der Waals surface area contributed by atoms with Gasteiger partial charge < -0.3 is 10.5 Å². The van der Waals surface area contributed by atoms with Gasteiger partial charge in [-0.15, -0.1) is 0 Å². The third-order valence-electron chi connectivity index (χ3n) is 1.88. The van der Waals surface area contributed by atoms with Crippen molar-refractivity contribution in [1.29, 1.82) is 0 Å². The number of anilines is 1. The Hall–Kier alpha value is -0.870. The summed E-state index contributed by atoms with van der Waals surface area (Å²) in [6.45, 7) is 4.41. The van der Waals surface area contributed by atoms with Crippen LogP contribution in [0.2, 0.25) is 0 Å². The van der Waals surface area contributed by atoms with Crippen LogP contribution in [0.5, 0.6) is 0 Å². The molecule has 1 rings (SSSR count). The Labute approximate surface area is 93.1 Å². The van der Waals surface area contributed by atoms with E-state index in [0.29, 0.717) is 22.9 Å². The van der Waals surface area contributed by atoms with Gasteiger partial charge in [-0.05, 0) is 26.0 Å². The van der Waals surface area contributed by atoms with Gasteiger partial charge in [0.1, 0.15) is 0 Å². The van der Waals surface area contributed by atoms with Gasteiger partial charge in [0.2, 0.25) is 0 Å². The normalized spacial score (nSPS) is 13.0. The third-order valence-corrected chi connectivity index (χ3v) is 3.28. The van der Waals surface area contributed by atoms with E-state index in [9.17, 15) is 4.21 Å². The summed E-state index contributed by atoms with van der Waals surface area (Å²) in [6.07, 6.45) is 0.176. The smallest absolute Gasteiger partial charge is 0.0618 e. The molecule has 0 spiro atoms. The molecule has 0 aliphatic rings. The van der Waals surface area contributed by atoms with E-state index in [1.165, 1.54) is 0 Å². The van der Waals surface area contributed by atoms with Crippen LogP contribution >= 0.6 is 0 Å². The molecule has 0 radical (unpaired) electrons. The zero-order chi connectivity index (χ0) is 11.3. The molecule has 1 unspecified atom stereocenters. The Morgan fingerprint density at radius 2 is 2.07 bits per heavy atom. The van der Waals surface area contributed by atoms with Crippen LogP contribution in [0.1, 0.15) is 13.8 Å². The quantitative estimate of drug-likeness (QED) is 0.780. The summed E-state index contributed by atoms with van der Waals surface area (Å²) in [5.74, 6) is 0.492. The van der Waals surface area contributed by atoms with Gasteiger partial charge in [0.05, 0.1) is 34.2 Å². The SMILES string of the molecule is CC(C)OCCS(=O)c1ccccc1N. The highest BCUT2D eigenvalue weighted by Gasteiger charge is 2.07. The molecule has 3 nitrogen and oxygen atoms in total. The van der Waals surface area contributed by atoms with Crippen molar-refractivity contribution in [3.8, 4) is 0 Å². The van der Waals surface area contributed by atoms with Gasteiger partial charge in [-0.2, -0.15) is 0 Å². The standard InChI is InChI=1S/C11H17NO2S/c1-9(2)14-7-8-15(13)11-6-4-3-5-10(11)12/h3-6,9H,7-8,12H2,1-2H3. The number of hydrogen-bond donors (Lipinski definition) is 1. The third kappa shape index (κ3) is 4.01. The molecule has 1 aromatic rings. The van der Waals surface area contributed by atoms with Crippen LogP contribution < -0.4 is 5.73 Å². The molecule has 0 aromatic heterocycles. The Balaban J connectivity index is 2.51. The Kier molecular flexibility index (Phi) is 4.78. The summed E-state index contributed by atoms with van der Waals surface area (Å²) >= 11 is 0. The van der Waals surface area contributed by atoms with Crippen molar-refractivity contribution in [2.24, 2.45) is 0 Å². The Morgan fingerprint density at radius 3 is 2.67 bits per heavy atom.